The summed E-state index contributed by atoms with van der Waals surface area (Å²) in [5.41, 5.74) is 2.48. The maximum Gasteiger partial charge on any atom is 0.419 e. The predicted octanol–water partition coefficient (Wildman–Crippen LogP) is 2.87. The molecule has 2 aromatic heterocycles. The number of hydrogen-bond acceptors (Lipinski definition) is 7. The van der Waals surface area contributed by atoms with Crippen molar-refractivity contribution in [2.45, 2.75) is 0 Å². The second-order valence-electron chi connectivity index (χ2n) is 5.60. The summed E-state index contributed by atoms with van der Waals surface area (Å²) in [5.74, 6) is 1.49. The Morgan fingerprint density at radius 3 is 2.69 bits per heavy atom. The van der Waals surface area contributed by atoms with Crippen LogP contribution in [0.1, 0.15) is 0 Å². The zero-order chi connectivity index (χ0) is 18.3. The summed E-state index contributed by atoms with van der Waals surface area (Å²) < 4.78 is 22.6. The van der Waals surface area contributed by atoms with Gasteiger partial charge in [0.1, 0.15) is 11.5 Å². The van der Waals surface area contributed by atoms with Crippen LogP contribution in [0.25, 0.3) is 33.9 Å². The minimum absolute atomic E-state index is 0.314. The zero-order valence-corrected chi connectivity index (χ0v) is 14.3. The van der Waals surface area contributed by atoms with Gasteiger partial charge in [-0.15, -0.1) is 0 Å². The first-order chi connectivity index (χ1) is 12.6. The molecule has 0 N–H and O–H groups in total. The van der Waals surface area contributed by atoms with E-state index in [4.69, 9.17) is 18.4 Å². The maximum absolute atomic E-state index is 11.6. The third kappa shape index (κ3) is 2.52. The van der Waals surface area contributed by atoms with Crippen molar-refractivity contribution in [3.8, 4) is 34.3 Å². The highest BCUT2D eigenvalue weighted by Crippen LogP contribution is 2.33. The number of aromatic nitrogens is 3. The highest BCUT2D eigenvalue weighted by atomic mass is 16.5. The van der Waals surface area contributed by atoms with Crippen LogP contribution in [0.2, 0.25) is 0 Å². The van der Waals surface area contributed by atoms with Gasteiger partial charge in [-0.1, -0.05) is 5.16 Å². The molecule has 0 bridgehead atoms. The van der Waals surface area contributed by atoms with Crippen molar-refractivity contribution >= 4 is 11.1 Å². The Hall–Kier alpha value is -3.55. The number of nitrogens with zero attached hydrogens (tertiary/aromatic N) is 3. The van der Waals surface area contributed by atoms with E-state index in [1.807, 2.05) is 0 Å². The van der Waals surface area contributed by atoms with Crippen LogP contribution in [-0.4, -0.2) is 28.9 Å². The average Bonchev–Trinajstić information content (AvgIpc) is 3.26. The van der Waals surface area contributed by atoms with E-state index in [0.717, 1.165) is 0 Å². The van der Waals surface area contributed by atoms with Crippen LogP contribution in [0.5, 0.6) is 11.5 Å². The molecule has 4 aromatic rings. The van der Waals surface area contributed by atoms with Crippen molar-refractivity contribution in [2.75, 3.05) is 14.2 Å². The van der Waals surface area contributed by atoms with Crippen LogP contribution in [0.15, 0.2) is 50.1 Å². The molecular weight excluding hydrogens is 338 g/mol. The first-order valence-electron chi connectivity index (χ1n) is 7.77. The summed E-state index contributed by atoms with van der Waals surface area (Å²) in [7, 11) is 4.79. The monoisotopic (exact) mass is 353 g/mol. The highest BCUT2D eigenvalue weighted by molar-refractivity contribution is 5.79. The normalized spacial score (nSPS) is 11.0. The van der Waals surface area contributed by atoms with Gasteiger partial charge in [0.25, 0.3) is 5.89 Å². The minimum atomic E-state index is -0.422. The number of benzene rings is 2. The number of rotatable bonds is 4. The second-order valence-corrected chi connectivity index (χ2v) is 5.60. The SMILES string of the molecule is COc1ccc(-c2nc(-c3ccc4c(c3)oc(=O)n4C)no2)c(OC)c1. The molecule has 26 heavy (non-hydrogen) atoms. The molecule has 0 saturated heterocycles. The largest absolute Gasteiger partial charge is 0.497 e. The van der Waals surface area contributed by atoms with Crippen molar-refractivity contribution in [1.82, 2.24) is 14.7 Å². The van der Waals surface area contributed by atoms with Crippen molar-refractivity contribution in [3.63, 3.8) is 0 Å². The molecule has 0 unspecified atom stereocenters. The number of ether oxygens (including phenoxy) is 2. The number of methoxy groups -OCH3 is 2. The van der Waals surface area contributed by atoms with E-state index >= 15 is 0 Å². The second kappa shape index (κ2) is 6.07. The van der Waals surface area contributed by atoms with Crippen LogP contribution in [0, 0.1) is 0 Å². The lowest BCUT2D eigenvalue weighted by Gasteiger charge is -2.06. The van der Waals surface area contributed by atoms with E-state index in [1.54, 1.807) is 57.7 Å². The van der Waals surface area contributed by atoms with Crippen LogP contribution < -0.4 is 15.2 Å². The van der Waals surface area contributed by atoms with Gasteiger partial charge in [0.2, 0.25) is 5.82 Å². The topological polar surface area (TPSA) is 92.5 Å². The fraction of sp³-hybridized carbons (Fsp3) is 0.167. The van der Waals surface area contributed by atoms with Crippen LogP contribution in [-0.2, 0) is 7.05 Å². The predicted molar refractivity (Wildman–Crippen MR) is 93.3 cm³/mol. The van der Waals surface area contributed by atoms with Crippen molar-refractivity contribution in [3.05, 3.63) is 46.9 Å². The first-order valence-corrected chi connectivity index (χ1v) is 7.77. The number of fused-ring (bicyclic) bond motifs is 1. The molecule has 0 aliphatic carbocycles. The molecule has 132 valence electrons. The minimum Gasteiger partial charge on any atom is -0.497 e. The Kier molecular flexibility index (Phi) is 3.72. The molecule has 0 atom stereocenters. The molecular formula is C18H15N3O5. The zero-order valence-electron chi connectivity index (χ0n) is 14.3. The van der Waals surface area contributed by atoms with E-state index in [0.29, 0.717) is 45.4 Å². The number of hydrogen-bond donors (Lipinski definition) is 0. The Morgan fingerprint density at radius 2 is 1.92 bits per heavy atom. The molecule has 0 aliphatic rings. The van der Waals surface area contributed by atoms with Gasteiger partial charge in [0.15, 0.2) is 5.58 Å². The van der Waals surface area contributed by atoms with E-state index in [2.05, 4.69) is 10.1 Å². The van der Waals surface area contributed by atoms with Gasteiger partial charge in [-0.3, -0.25) is 4.57 Å². The molecule has 0 radical (unpaired) electrons. The van der Waals surface area contributed by atoms with Gasteiger partial charge in [-0.2, -0.15) is 4.98 Å². The Balaban J connectivity index is 1.76. The molecule has 2 heterocycles. The van der Waals surface area contributed by atoms with Gasteiger partial charge >= 0.3 is 5.76 Å². The van der Waals surface area contributed by atoms with Crippen molar-refractivity contribution in [2.24, 2.45) is 7.05 Å². The van der Waals surface area contributed by atoms with Crippen molar-refractivity contribution < 1.29 is 18.4 Å². The van der Waals surface area contributed by atoms with Gasteiger partial charge in [-0.25, -0.2) is 4.79 Å². The summed E-state index contributed by atoms with van der Waals surface area (Å²) in [6.07, 6.45) is 0. The fourth-order valence-electron chi connectivity index (χ4n) is 2.70. The van der Waals surface area contributed by atoms with Gasteiger partial charge in [0, 0.05) is 18.7 Å². The Morgan fingerprint density at radius 1 is 1.08 bits per heavy atom. The first kappa shape index (κ1) is 15.9. The third-order valence-corrected chi connectivity index (χ3v) is 4.12. The van der Waals surface area contributed by atoms with Crippen LogP contribution in [0.3, 0.4) is 0 Å². The molecule has 0 saturated carbocycles. The smallest absolute Gasteiger partial charge is 0.419 e. The molecule has 8 heteroatoms. The lowest BCUT2D eigenvalue weighted by Crippen LogP contribution is -2.08. The quantitative estimate of drug-likeness (QED) is 0.557. The van der Waals surface area contributed by atoms with E-state index in [-0.39, 0.29) is 0 Å². The summed E-state index contributed by atoms with van der Waals surface area (Å²) in [5, 5.41) is 4.02. The molecule has 8 nitrogen and oxygen atoms in total. The molecule has 0 fully saturated rings. The van der Waals surface area contributed by atoms with Crippen molar-refractivity contribution in [1.29, 1.82) is 0 Å². The summed E-state index contributed by atoms with van der Waals surface area (Å²) in [6, 6.07) is 10.6. The maximum atomic E-state index is 11.6. The molecule has 0 amide bonds. The van der Waals surface area contributed by atoms with E-state index in [9.17, 15) is 4.79 Å². The molecule has 4 rings (SSSR count). The summed E-state index contributed by atoms with van der Waals surface area (Å²) in [4.78, 5) is 16.0. The lowest BCUT2D eigenvalue weighted by molar-refractivity contribution is 0.391. The van der Waals surface area contributed by atoms with Gasteiger partial charge in [0.05, 0.1) is 25.3 Å². The Labute approximate surface area is 147 Å². The molecule has 0 aliphatic heterocycles. The van der Waals surface area contributed by atoms with Crippen LogP contribution in [0.4, 0.5) is 0 Å². The standard InChI is InChI=1S/C18H15N3O5/c1-21-13-7-4-10(8-15(13)25-18(21)22)16-19-17(26-20-16)12-6-5-11(23-2)9-14(12)24-3/h4-9H,1-3H3. The lowest BCUT2D eigenvalue weighted by atomic mass is 10.1. The fourth-order valence-corrected chi connectivity index (χ4v) is 2.70. The highest BCUT2D eigenvalue weighted by Gasteiger charge is 2.17. The molecule has 0 spiro atoms. The van der Waals surface area contributed by atoms with E-state index < -0.39 is 5.76 Å². The Bertz CT molecular complexity index is 1160. The number of oxazole rings is 1. The summed E-state index contributed by atoms with van der Waals surface area (Å²) >= 11 is 0. The van der Waals surface area contributed by atoms with Crippen LogP contribution >= 0.6 is 0 Å². The van der Waals surface area contributed by atoms with E-state index in [1.165, 1.54) is 4.57 Å². The average molecular weight is 353 g/mol. The summed E-state index contributed by atoms with van der Waals surface area (Å²) in [6.45, 7) is 0. The third-order valence-electron chi connectivity index (χ3n) is 4.12. The van der Waals surface area contributed by atoms with Gasteiger partial charge < -0.3 is 18.4 Å². The van der Waals surface area contributed by atoms with Gasteiger partial charge in [-0.05, 0) is 30.3 Å². The molecule has 2 aromatic carbocycles. The number of aryl methyl sites for hydroxylation is 1.